The quantitative estimate of drug-likeness (QED) is 0.418. The third-order valence-corrected chi connectivity index (χ3v) is 5.14. The fourth-order valence-corrected chi connectivity index (χ4v) is 3.82. The van der Waals surface area contributed by atoms with Crippen LogP contribution in [0.25, 0.3) is 34.4 Å². The van der Waals surface area contributed by atoms with Crippen molar-refractivity contribution in [3.63, 3.8) is 0 Å². The van der Waals surface area contributed by atoms with Crippen LogP contribution in [0, 0.1) is 0 Å². The molecule has 150 valence electrons. The van der Waals surface area contributed by atoms with E-state index in [4.69, 9.17) is 9.47 Å². The zero-order valence-electron chi connectivity index (χ0n) is 17.0. The van der Waals surface area contributed by atoms with Crippen molar-refractivity contribution in [3.8, 4) is 22.3 Å². The van der Waals surface area contributed by atoms with E-state index in [1.54, 1.807) is 0 Å². The number of carbonyl (C=O) groups is 2. The highest BCUT2D eigenvalue weighted by Crippen LogP contribution is 2.43. The van der Waals surface area contributed by atoms with Crippen LogP contribution in [0.5, 0.6) is 0 Å². The van der Waals surface area contributed by atoms with Crippen molar-refractivity contribution in [2.75, 3.05) is 0 Å². The highest BCUT2D eigenvalue weighted by atomic mass is 16.5. The molecule has 0 radical (unpaired) electrons. The molecule has 30 heavy (non-hydrogen) atoms. The number of hydrogen-bond donors (Lipinski definition) is 0. The van der Waals surface area contributed by atoms with Crippen molar-refractivity contribution in [1.82, 2.24) is 0 Å². The van der Waals surface area contributed by atoms with Gasteiger partial charge in [0.2, 0.25) is 0 Å². The van der Waals surface area contributed by atoms with E-state index in [0.717, 1.165) is 44.5 Å². The van der Waals surface area contributed by atoms with Crippen molar-refractivity contribution >= 4 is 24.1 Å². The Morgan fingerprint density at radius 1 is 0.633 bits per heavy atom. The Labute approximate surface area is 175 Å². The van der Waals surface area contributed by atoms with E-state index in [2.05, 4.69) is 36.4 Å². The Morgan fingerprint density at radius 3 is 1.43 bits per heavy atom. The molecule has 1 aliphatic rings. The normalized spacial score (nSPS) is 12.5. The number of esters is 2. The molecule has 0 saturated carbocycles. The van der Waals surface area contributed by atoms with E-state index in [0.29, 0.717) is 0 Å². The maximum absolute atomic E-state index is 11.5. The van der Waals surface area contributed by atoms with Crippen LogP contribution in [-0.2, 0) is 32.3 Å². The van der Waals surface area contributed by atoms with E-state index < -0.39 is 0 Å². The fourth-order valence-electron chi connectivity index (χ4n) is 3.82. The maximum atomic E-state index is 11.5. The topological polar surface area (TPSA) is 52.6 Å². The van der Waals surface area contributed by atoms with Crippen LogP contribution in [0.2, 0.25) is 0 Å². The summed E-state index contributed by atoms with van der Waals surface area (Å²) >= 11 is 0. The van der Waals surface area contributed by atoms with Gasteiger partial charge < -0.3 is 9.47 Å². The van der Waals surface area contributed by atoms with Crippen molar-refractivity contribution in [2.45, 2.75) is 27.1 Å². The largest absolute Gasteiger partial charge is 0.461 e. The second kappa shape index (κ2) is 8.37. The van der Waals surface area contributed by atoms with E-state index in [-0.39, 0.29) is 25.2 Å². The highest BCUT2D eigenvalue weighted by Gasteiger charge is 2.22. The van der Waals surface area contributed by atoms with Gasteiger partial charge in [-0.1, -0.05) is 72.8 Å². The summed E-state index contributed by atoms with van der Waals surface area (Å²) in [6, 6.07) is 20.2. The maximum Gasteiger partial charge on any atom is 0.302 e. The first-order chi connectivity index (χ1) is 14.5. The molecule has 3 aromatic carbocycles. The molecule has 3 aromatic rings. The number of ether oxygens (including phenoxy) is 2. The van der Waals surface area contributed by atoms with Gasteiger partial charge in [0.1, 0.15) is 13.2 Å². The van der Waals surface area contributed by atoms with Crippen molar-refractivity contribution in [2.24, 2.45) is 0 Å². The molecule has 0 fully saturated rings. The summed E-state index contributed by atoms with van der Waals surface area (Å²) in [5.74, 6) is -0.653. The minimum Gasteiger partial charge on any atom is -0.461 e. The molecule has 0 aromatic heterocycles. The molecule has 0 heterocycles. The number of carbonyl (C=O) groups excluding carboxylic acids is 2. The van der Waals surface area contributed by atoms with Gasteiger partial charge in [0.05, 0.1) is 0 Å². The van der Waals surface area contributed by atoms with E-state index in [1.165, 1.54) is 13.8 Å². The molecule has 0 N–H and O–H groups in total. The van der Waals surface area contributed by atoms with Gasteiger partial charge in [-0.3, -0.25) is 9.59 Å². The second-order valence-electron chi connectivity index (χ2n) is 7.20. The predicted molar refractivity (Wildman–Crippen MR) is 117 cm³/mol. The molecule has 4 nitrogen and oxygen atoms in total. The van der Waals surface area contributed by atoms with Crippen LogP contribution < -0.4 is 0 Å². The molecule has 0 unspecified atom stereocenters. The molecule has 1 aliphatic carbocycles. The third-order valence-electron chi connectivity index (χ3n) is 5.14. The first-order valence-electron chi connectivity index (χ1n) is 9.83. The first kappa shape index (κ1) is 19.6. The van der Waals surface area contributed by atoms with Gasteiger partial charge in [-0.15, -0.1) is 0 Å². The Hall–Kier alpha value is -3.66. The van der Waals surface area contributed by atoms with Crippen LogP contribution in [-0.4, -0.2) is 11.9 Å². The van der Waals surface area contributed by atoms with Crippen LogP contribution in [0.15, 0.2) is 60.7 Å². The van der Waals surface area contributed by atoms with Crippen LogP contribution in [0.3, 0.4) is 0 Å². The van der Waals surface area contributed by atoms with Gasteiger partial charge in [-0.25, -0.2) is 0 Å². The molecule has 4 rings (SSSR count). The molecule has 0 saturated heterocycles. The molecular formula is C26H22O4. The highest BCUT2D eigenvalue weighted by molar-refractivity contribution is 5.98. The lowest BCUT2D eigenvalue weighted by atomic mass is 9.82. The van der Waals surface area contributed by atoms with E-state index >= 15 is 0 Å². The van der Waals surface area contributed by atoms with Crippen LogP contribution in [0.1, 0.15) is 36.1 Å². The lowest BCUT2D eigenvalue weighted by Gasteiger charge is -2.23. The summed E-state index contributed by atoms with van der Waals surface area (Å²) in [6.45, 7) is 3.16. The minimum absolute atomic E-state index is 0.172. The fraction of sp³-hybridized carbons (Fsp3) is 0.154. The standard InChI is InChI=1S/C26H22O4/c1-17(27)29-15-21-13-14-22(16-30-18(2)28)26-24-10-6-4-8-20(24)12-11-19-7-3-5-9-23(19)25(21)26/h3-14H,15-16H2,1-2H3/b12-11-,19-11?,20-12?,25-23?,26-24?. The smallest absolute Gasteiger partial charge is 0.302 e. The Balaban J connectivity index is 2.04. The lowest BCUT2D eigenvalue weighted by Crippen LogP contribution is -2.07. The van der Waals surface area contributed by atoms with Crippen molar-refractivity contribution in [1.29, 1.82) is 0 Å². The zero-order chi connectivity index (χ0) is 21.1. The molecule has 0 aliphatic heterocycles. The monoisotopic (exact) mass is 398 g/mol. The van der Waals surface area contributed by atoms with Crippen molar-refractivity contribution < 1.29 is 19.1 Å². The summed E-state index contributed by atoms with van der Waals surface area (Å²) in [5.41, 5.74) is 8.04. The Morgan fingerprint density at radius 2 is 1.03 bits per heavy atom. The average Bonchev–Trinajstić information content (AvgIpc) is 2.73. The van der Waals surface area contributed by atoms with Gasteiger partial charge >= 0.3 is 11.9 Å². The number of fused-ring (bicyclic) bond motifs is 5. The lowest BCUT2D eigenvalue weighted by molar-refractivity contribution is -0.143. The van der Waals surface area contributed by atoms with E-state index in [1.807, 2.05) is 36.4 Å². The van der Waals surface area contributed by atoms with Gasteiger partial charge in [0.25, 0.3) is 0 Å². The predicted octanol–water partition coefficient (Wildman–Crippen LogP) is 5.63. The van der Waals surface area contributed by atoms with Crippen LogP contribution in [0.4, 0.5) is 0 Å². The van der Waals surface area contributed by atoms with Gasteiger partial charge in [0.15, 0.2) is 0 Å². The SMILES string of the molecule is CC(=O)OCc1ccc(COC(C)=O)c2c1-c1ccccc1/C=C\c1ccccc1-2. The molecule has 0 spiro atoms. The van der Waals surface area contributed by atoms with Crippen molar-refractivity contribution in [3.05, 3.63) is 82.9 Å². The molecule has 0 bridgehead atoms. The average molecular weight is 398 g/mol. The summed E-state index contributed by atoms with van der Waals surface area (Å²) in [6.07, 6.45) is 4.21. The first-order valence-corrected chi connectivity index (χ1v) is 9.83. The number of hydrogen-bond acceptors (Lipinski definition) is 4. The van der Waals surface area contributed by atoms with Gasteiger partial charge in [-0.2, -0.15) is 0 Å². The van der Waals surface area contributed by atoms with Crippen LogP contribution >= 0.6 is 0 Å². The molecule has 0 atom stereocenters. The second-order valence-corrected chi connectivity index (χ2v) is 7.20. The zero-order valence-corrected chi connectivity index (χ0v) is 17.0. The molecule has 4 heteroatoms. The van der Waals surface area contributed by atoms with Gasteiger partial charge in [0, 0.05) is 13.8 Å². The molecule has 0 amide bonds. The summed E-state index contributed by atoms with van der Waals surface area (Å²) < 4.78 is 10.7. The van der Waals surface area contributed by atoms with Gasteiger partial charge in [-0.05, 0) is 44.5 Å². The van der Waals surface area contributed by atoms with E-state index in [9.17, 15) is 9.59 Å². The Bertz CT molecular complexity index is 1070. The Kier molecular flexibility index (Phi) is 5.48. The summed E-state index contributed by atoms with van der Waals surface area (Å²) in [4.78, 5) is 23.0. The summed E-state index contributed by atoms with van der Waals surface area (Å²) in [7, 11) is 0. The summed E-state index contributed by atoms with van der Waals surface area (Å²) in [5, 5.41) is 0. The number of benzene rings is 3. The minimum atomic E-state index is -0.327. The molecular weight excluding hydrogens is 376 g/mol. The third kappa shape index (κ3) is 3.90. The number of rotatable bonds is 4.